The molecule has 0 aromatic carbocycles. The van der Waals surface area contributed by atoms with Crippen LogP contribution >= 0.6 is 0 Å². The maximum atomic E-state index is 11.8. The van der Waals surface area contributed by atoms with Crippen molar-refractivity contribution in [3.05, 3.63) is 0 Å². The van der Waals surface area contributed by atoms with E-state index in [-0.39, 0.29) is 11.9 Å². The Hall–Kier alpha value is -0.570. The highest BCUT2D eigenvalue weighted by Crippen LogP contribution is 2.15. The van der Waals surface area contributed by atoms with Gasteiger partial charge in [0.15, 0.2) is 0 Å². The molecule has 0 bridgehead atoms. The Morgan fingerprint density at radius 1 is 1.62 bits per heavy atom. The molecule has 1 heterocycles. The van der Waals surface area contributed by atoms with Gasteiger partial charge in [-0.3, -0.25) is 10.1 Å². The number of nitrogens with zero attached hydrogens (tertiary/aromatic N) is 1. The Morgan fingerprint density at radius 3 is 2.85 bits per heavy atom. The molecule has 2 atom stereocenters. The van der Waals surface area contributed by atoms with E-state index in [1.54, 1.807) is 0 Å². The van der Waals surface area contributed by atoms with E-state index < -0.39 is 0 Å². The largest absolute Gasteiger partial charge is 0.329 e. The van der Waals surface area contributed by atoms with Crippen LogP contribution in [0, 0.1) is 5.92 Å². The molecule has 1 N–H and O–H groups in total. The van der Waals surface area contributed by atoms with E-state index in [1.807, 2.05) is 4.90 Å². The average Bonchev–Trinajstić information content (AvgIpc) is 2.48. The topological polar surface area (TPSA) is 32.3 Å². The Labute approximate surface area is 80.5 Å². The third-order valence-electron chi connectivity index (χ3n) is 2.79. The molecule has 76 valence electrons. The van der Waals surface area contributed by atoms with E-state index in [0.717, 1.165) is 26.1 Å². The number of hydrogen-bond acceptors (Lipinski definition) is 2. The minimum Gasteiger partial charge on any atom is -0.329 e. The van der Waals surface area contributed by atoms with Crippen molar-refractivity contribution < 1.29 is 4.79 Å². The third kappa shape index (κ3) is 2.21. The highest BCUT2D eigenvalue weighted by Gasteiger charge is 2.33. The first-order valence-electron chi connectivity index (χ1n) is 5.22. The molecule has 13 heavy (non-hydrogen) atoms. The summed E-state index contributed by atoms with van der Waals surface area (Å²) < 4.78 is 0. The molecule has 0 radical (unpaired) electrons. The molecule has 0 spiro atoms. The Bertz CT molecular complexity index is 182. The van der Waals surface area contributed by atoms with E-state index in [2.05, 4.69) is 26.1 Å². The highest BCUT2D eigenvalue weighted by molar-refractivity contribution is 5.84. The van der Waals surface area contributed by atoms with Gasteiger partial charge in [0.1, 0.15) is 0 Å². The van der Waals surface area contributed by atoms with Crippen molar-refractivity contribution in [2.24, 2.45) is 5.92 Å². The first-order valence-corrected chi connectivity index (χ1v) is 5.22. The van der Waals surface area contributed by atoms with Gasteiger partial charge in [-0.15, -0.1) is 0 Å². The van der Waals surface area contributed by atoms with Crippen LogP contribution in [0.1, 0.15) is 33.6 Å². The van der Waals surface area contributed by atoms with Crippen LogP contribution in [0.25, 0.3) is 0 Å². The van der Waals surface area contributed by atoms with Crippen LogP contribution in [-0.4, -0.2) is 30.1 Å². The van der Waals surface area contributed by atoms with Gasteiger partial charge < -0.3 is 4.90 Å². The van der Waals surface area contributed by atoms with Gasteiger partial charge in [0.05, 0.1) is 12.7 Å². The van der Waals surface area contributed by atoms with Gasteiger partial charge >= 0.3 is 0 Å². The quantitative estimate of drug-likeness (QED) is 0.712. The third-order valence-corrected chi connectivity index (χ3v) is 2.79. The Morgan fingerprint density at radius 2 is 2.31 bits per heavy atom. The predicted octanol–water partition coefficient (Wildman–Crippen LogP) is 1.20. The van der Waals surface area contributed by atoms with Crippen molar-refractivity contribution >= 4 is 5.91 Å². The zero-order chi connectivity index (χ0) is 9.84. The SMILES string of the molecule is CCCN1CNC(C(C)CC)C1=O. The first kappa shape index (κ1) is 10.5. The second-order valence-corrected chi connectivity index (χ2v) is 3.83. The summed E-state index contributed by atoms with van der Waals surface area (Å²) in [7, 11) is 0. The number of rotatable bonds is 4. The lowest BCUT2D eigenvalue weighted by Gasteiger charge is -2.17. The van der Waals surface area contributed by atoms with E-state index >= 15 is 0 Å². The summed E-state index contributed by atoms with van der Waals surface area (Å²) in [4.78, 5) is 13.7. The summed E-state index contributed by atoms with van der Waals surface area (Å²) in [5, 5.41) is 3.27. The number of carbonyl (C=O) groups excluding carboxylic acids is 1. The van der Waals surface area contributed by atoms with Crippen LogP contribution < -0.4 is 5.32 Å². The number of nitrogens with one attached hydrogen (secondary N) is 1. The van der Waals surface area contributed by atoms with Crippen LogP contribution in [0.15, 0.2) is 0 Å². The summed E-state index contributed by atoms with van der Waals surface area (Å²) in [6.07, 6.45) is 2.10. The average molecular weight is 184 g/mol. The molecular weight excluding hydrogens is 164 g/mol. The molecule has 3 nitrogen and oxygen atoms in total. The maximum Gasteiger partial charge on any atom is 0.241 e. The zero-order valence-corrected chi connectivity index (χ0v) is 8.84. The number of carbonyl (C=O) groups is 1. The second-order valence-electron chi connectivity index (χ2n) is 3.83. The summed E-state index contributed by atoms with van der Waals surface area (Å²) in [6, 6.07) is 0.0662. The standard InChI is InChI=1S/C10H20N2O/c1-4-6-12-7-11-9(10(12)13)8(3)5-2/h8-9,11H,4-7H2,1-3H3. The number of amides is 1. The highest BCUT2D eigenvalue weighted by atomic mass is 16.2. The molecule has 0 aliphatic carbocycles. The molecule has 1 saturated heterocycles. The molecule has 1 aliphatic rings. The van der Waals surface area contributed by atoms with E-state index in [9.17, 15) is 4.79 Å². The normalized spacial score (nSPS) is 25.3. The van der Waals surface area contributed by atoms with Crippen molar-refractivity contribution in [2.75, 3.05) is 13.2 Å². The molecule has 2 unspecified atom stereocenters. The van der Waals surface area contributed by atoms with Crippen LogP contribution in [0.5, 0.6) is 0 Å². The minimum absolute atomic E-state index is 0.0662. The molecule has 1 rings (SSSR count). The van der Waals surface area contributed by atoms with E-state index in [0.29, 0.717) is 5.92 Å². The van der Waals surface area contributed by atoms with Crippen LogP contribution in [0.2, 0.25) is 0 Å². The monoisotopic (exact) mass is 184 g/mol. The van der Waals surface area contributed by atoms with Gasteiger partial charge in [0, 0.05) is 6.54 Å². The fourth-order valence-corrected chi connectivity index (χ4v) is 1.71. The number of hydrogen-bond donors (Lipinski definition) is 1. The minimum atomic E-state index is 0.0662. The van der Waals surface area contributed by atoms with Crippen molar-refractivity contribution in [1.82, 2.24) is 10.2 Å². The van der Waals surface area contributed by atoms with Crippen molar-refractivity contribution in [3.8, 4) is 0 Å². The Balaban J connectivity index is 2.49. The summed E-state index contributed by atoms with van der Waals surface area (Å²) in [5.74, 6) is 0.741. The zero-order valence-electron chi connectivity index (χ0n) is 8.84. The maximum absolute atomic E-state index is 11.8. The van der Waals surface area contributed by atoms with Gasteiger partial charge in [-0.25, -0.2) is 0 Å². The smallest absolute Gasteiger partial charge is 0.241 e. The molecule has 3 heteroatoms. The fourth-order valence-electron chi connectivity index (χ4n) is 1.71. The Kier molecular flexibility index (Phi) is 3.72. The molecule has 0 aromatic heterocycles. The first-order chi connectivity index (χ1) is 6.20. The molecule has 1 aliphatic heterocycles. The van der Waals surface area contributed by atoms with Gasteiger partial charge in [0.2, 0.25) is 5.91 Å². The van der Waals surface area contributed by atoms with Crippen LogP contribution in [0.3, 0.4) is 0 Å². The molecule has 0 aromatic rings. The lowest BCUT2D eigenvalue weighted by atomic mass is 9.99. The predicted molar refractivity (Wildman–Crippen MR) is 53.2 cm³/mol. The van der Waals surface area contributed by atoms with E-state index in [4.69, 9.17) is 0 Å². The summed E-state index contributed by atoms with van der Waals surface area (Å²) >= 11 is 0. The van der Waals surface area contributed by atoms with Gasteiger partial charge in [-0.2, -0.15) is 0 Å². The van der Waals surface area contributed by atoms with Crippen LogP contribution in [0.4, 0.5) is 0 Å². The van der Waals surface area contributed by atoms with Gasteiger partial charge in [-0.05, 0) is 12.3 Å². The van der Waals surface area contributed by atoms with Crippen LogP contribution in [-0.2, 0) is 4.79 Å². The fraction of sp³-hybridized carbons (Fsp3) is 0.900. The molecule has 1 amide bonds. The molecule has 0 saturated carbocycles. The second kappa shape index (κ2) is 4.61. The van der Waals surface area contributed by atoms with Gasteiger partial charge in [0.25, 0.3) is 0 Å². The van der Waals surface area contributed by atoms with Gasteiger partial charge in [-0.1, -0.05) is 27.2 Å². The molecular formula is C10H20N2O. The summed E-state index contributed by atoms with van der Waals surface area (Å²) in [5.41, 5.74) is 0. The van der Waals surface area contributed by atoms with Crippen molar-refractivity contribution in [2.45, 2.75) is 39.7 Å². The van der Waals surface area contributed by atoms with E-state index in [1.165, 1.54) is 0 Å². The summed E-state index contributed by atoms with van der Waals surface area (Å²) in [6.45, 7) is 7.98. The lowest BCUT2D eigenvalue weighted by molar-refractivity contribution is -0.129. The lowest BCUT2D eigenvalue weighted by Crippen LogP contribution is -2.35. The van der Waals surface area contributed by atoms with Crippen molar-refractivity contribution in [1.29, 1.82) is 0 Å². The van der Waals surface area contributed by atoms with Crippen molar-refractivity contribution in [3.63, 3.8) is 0 Å². The molecule has 1 fully saturated rings.